The van der Waals surface area contributed by atoms with Crippen molar-refractivity contribution in [3.8, 4) is 0 Å². The predicted molar refractivity (Wildman–Crippen MR) is 58.9 cm³/mol. The van der Waals surface area contributed by atoms with E-state index in [1.54, 1.807) is 6.07 Å². The first-order valence-electron chi connectivity index (χ1n) is 4.20. The Morgan fingerprint density at radius 2 is 2.36 bits per heavy atom. The minimum Gasteiger partial charge on any atom is -0.649 e. The second kappa shape index (κ2) is 7.82. The smallest absolute Gasteiger partial charge is 0.172 e. The van der Waals surface area contributed by atoms with E-state index in [1.807, 2.05) is 22.6 Å². The maximum atomic E-state index is 11.4. The number of carbonyl (C=O) groups is 1. The van der Waals surface area contributed by atoms with Gasteiger partial charge in [0.05, 0.1) is 17.7 Å². The molecule has 0 N–H and O–H groups in total. The quantitative estimate of drug-likeness (QED) is 0.594. The van der Waals surface area contributed by atoms with E-state index in [9.17, 15) is 4.79 Å². The fourth-order valence-electron chi connectivity index (χ4n) is 0.870. The van der Waals surface area contributed by atoms with Crippen LogP contribution < -0.4 is 0 Å². The largest absolute Gasteiger partial charge is 0.649 e. The summed E-state index contributed by atoms with van der Waals surface area (Å²) in [6.07, 6.45) is 3.52. The number of halogens is 1. The molecule has 1 aromatic heterocycles. The van der Waals surface area contributed by atoms with Crippen molar-refractivity contribution in [1.82, 2.24) is 0 Å². The average Bonchev–Trinajstić information content (AvgIpc) is 2.52. The summed E-state index contributed by atoms with van der Waals surface area (Å²) < 4.78 is 5.61. The van der Waals surface area contributed by atoms with Crippen LogP contribution in [-0.2, 0) is 32.7 Å². The standard InChI is InChI=1S/C9H12INO2.Y/c1-2-3-5-11-9(12)7-4-6-13-8(7)10;/h4,6H,2-3,5H2,1H3,(H,11,12);/p-1. The molecule has 0 unspecified atom stereocenters. The molecule has 0 spiro atoms. The Balaban J connectivity index is 0.00000169. The Hall–Kier alpha value is 0.584. The van der Waals surface area contributed by atoms with Crippen LogP contribution in [0, 0.1) is 3.77 Å². The summed E-state index contributed by atoms with van der Waals surface area (Å²) >= 11 is 1.98. The third-order valence-corrected chi connectivity index (χ3v) is 2.45. The van der Waals surface area contributed by atoms with Crippen molar-refractivity contribution in [2.24, 2.45) is 0 Å². The third kappa shape index (κ3) is 4.40. The summed E-state index contributed by atoms with van der Waals surface area (Å²) in [5.74, 6) is -0.174. The van der Waals surface area contributed by atoms with Crippen molar-refractivity contribution in [1.29, 1.82) is 0 Å². The SMILES string of the molecule is CCCC[N-]C(=O)c1ccoc1I.[Y]. The summed E-state index contributed by atoms with van der Waals surface area (Å²) in [5, 5.41) is 3.91. The van der Waals surface area contributed by atoms with Gasteiger partial charge in [-0.3, -0.25) is 0 Å². The first-order chi connectivity index (χ1) is 6.25. The van der Waals surface area contributed by atoms with Gasteiger partial charge >= 0.3 is 0 Å². The number of amides is 1. The zero-order chi connectivity index (χ0) is 9.68. The molecule has 0 aliphatic rings. The van der Waals surface area contributed by atoms with E-state index in [0.717, 1.165) is 12.8 Å². The van der Waals surface area contributed by atoms with Crippen molar-refractivity contribution in [3.05, 3.63) is 27.0 Å². The zero-order valence-electron chi connectivity index (χ0n) is 8.00. The number of rotatable bonds is 4. The van der Waals surface area contributed by atoms with Gasteiger partial charge in [-0.1, -0.05) is 19.8 Å². The van der Waals surface area contributed by atoms with E-state index in [1.165, 1.54) is 6.26 Å². The molecule has 1 rings (SSSR count). The first-order valence-corrected chi connectivity index (χ1v) is 5.28. The minimum absolute atomic E-state index is 0. The Morgan fingerprint density at radius 1 is 1.64 bits per heavy atom. The molecule has 0 saturated carbocycles. The van der Waals surface area contributed by atoms with Gasteiger partial charge in [0, 0.05) is 55.3 Å². The summed E-state index contributed by atoms with van der Waals surface area (Å²) in [6, 6.07) is 1.65. The van der Waals surface area contributed by atoms with Gasteiger partial charge in [0.1, 0.15) is 0 Å². The number of unbranched alkanes of at least 4 members (excludes halogenated alkanes) is 1. The van der Waals surface area contributed by atoms with E-state index in [2.05, 4.69) is 12.2 Å². The Kier molecular flexibility index (Phi) is 8.15. The van der Waals surface area contributed by atoms with Gasteiger partial charge in [0.15, 0.2) is 3.77 Å². The number of carbonyl (C=O) groups excluding carboxylic acids is 1. The maximum absolute atomic E-state index is 11.4. The maximum Gasteiger partial charge on any atom is 0.172 e. The molecule has 0 fully saturated rings. The second-order valence-corrected chi connectivity index (χ2v) is 3.63. The summed E-state index contributed by atoms with van der Waals surface area (Å²) in [6.45, 7) is 2.68. The van der Waals surface area contributed by atoms with Gasteiger partial charge in [-0.05, 0) is 6.07 Å². The van der Waals surface area contributed by atoms with E-state index < -0.39 is 0 Å². The first kappa shape index (κ1) is 14.6. The van der Waals surface area contributed by atoms with Gasteiger partial charge in [-0.15, -0.1) is 6.54 Å². The van der Waals surface area contributed by atoms with Crippen molar-refractivity contribution in [3.63, 3.8) is 0 Å². The normalized spacial score (nSPS) is 9.29. The third-order valence-electron chi connectivity index (χ3n) is 1.62. The molecule has 1 heterocycles. The van der Waals surface area contributed by atoms with E-state index in [4.69, 9.17) is 4.42 Å². The Labute approximate surface area is 122 Å². The van der Waals surface area contributed by atoms with E-state index in [0.29, 0.717) is 15.9 Å². The van der Waals surface area contributed by atoms with Crippen molar-refractivity contribution in [2.45, 2.75) is 19.8 Å². The van der Waals surface area contributed by atoms with Crippen LogP contribution in [0.25, 0.3) is 5.32 Å². The molecule has 0 bridgehead atoms. The number of hydrogen-bond donors (Lipinski definition) is 0. The van der Waals surface area contributed by atoms with Gasteiger partial charge in [-0.25, -0.2) is 0 Å². The van der Waals surface area contributed by atoms with Crippen LogP contribution in [0.4, 0.5) is 0 Å². The molecular formula is C9H11INO2Y-. The molecule has 0 atom stereocenters. The van der Waals surface area contributed by atoms with Crippen LogP contribution in [0.3, 0.4) is 0 Å². The van der Waals surface area contributed by atoms with Gasteiger partial charge in [0.2, 0.25) is 0 Å². The van der Waals surface area contributed by atoms with E-state index in [-0.39, 0.29) is 38.6 Å². The molecule has 1 radical (unpaired) electrons. The zero-order valence-corrected chi connectivity index (χ0v) is 13.0. The van der Waals surface area contributed by atoms with Crippen LogP contribution in [-0.4, -0.2) is 12.5 Å². The van der Waals surface area contributed by atoms with Gasteiger partial charge in [0.25, 0.3) is 0 Å². The monoisotopic (exact) mass is 381 g/mol. The molecule has 75 valence electrons. The Bertz CT molecular complexity index is 288. The molecule has 0 aromatic carbocycles. The average molecular weight is 381 g/mol. The van der Waals surface area contributed by atoms with Crippen molar-refractivity contribution >= 4 is 28.5 Å². The van der Waals surface area contributed by atoms with Gasteiger partial charge in [-0.2, -0.15) is 0 Å². The fourth-order valence-corrected chi connectivity index (χ4v) is 1.43. The number of hydrogen-bond acceptors (Lipinski definition) is 2. The predicted octanol–water partition coefficient (Wildman–Crippen LogP) is 3.20. The summed E-state index contributed by atoms with van der Waals surface area (Å²) in [4.78, 5) is 11.4. The molecule has 1 amide bonds. The Morgan fingerprint density at radius 3 is 2.86 bits per heavy atom. The van der Waals surface area contributed by atoms with Crippen LogP contribution in [0.1, 0.15) is 30.1 Å². The second-order valence-electron chi connectivity index (χ2n) is 2.65. The molecule has 5 heteroatoms. The van der Waals surface area contributed by atoms with Crippen LogP contribution in [0.15, 0.2) is 16.7 Å². The van der Waals surface area contributed by atoms with Crippen LogP contribution >= 0.6 is 22.6 Å². The van der Waals surface area contributed by atoms with Crippen molar-refractivity contribution < 1.29 is 41.9 Å². The summed E-state index contributed by atoms with van der Waals surface area (Å²) in [5.41, 5.74) is 0.566. The number of furan rings is 1. The molecular weight excluding hydrogens is 370 g/mol. The van der Waals surface area contributed by atoms with Gasteiger partial charge < -0.3 is 14.5 Å². The topological polar surface area (TPSA) is 44.3 Å². The number of nitrogens with zero attached hydrogens (tertiary/aromatic N) is 1. The van der Waals surface area contributed by atoms with Crippen molar-refractivity contribution in [2.75, 3.05) is 6.54 Å². The minimum atomic E-state index is -0.174. The van der Waals surface area contributed by atoms with E-state index >= 15 is 0 Å². The molecule has 14 heavy (non-hydrogen) atoms. The molecule has 1 aromatic rings. The molecule has 0 saturated heterocycles. The molecule has 0 aliphatic heterocycles. The fraction of sp³-hybridized carbons (Fsp3) is 0.444. The van der Waals surface area contributed by atoms with Crippen LogP contribution in [0.5, 0.6) is 0 Å². The van der Waals surface area contributed by atoms with Crippen LogP contribution in [0.2, 0.25) is 0 Å². The summed E-state index contributed by atoms with van der Waals surface area (Å²) in [7, 11) is 0. The molecule has 3 nitrogen and oxygen atoms in total. The molecule has 0 aliphatic carbocycles.